The van der Waals surface area contributed by atoms with Crippen LogP contribution in [0.1, 0.15) is 37.6 Å². The summed E-state index contributed by atoms with van der Waals surface area (Å²) in [6.45, 7) is 7.18. The second kappa shape index (κ2) is 8.06. The molecule has 0 aliphatic heterocycles. The Morgan fingerprint density at radius 2 is 1.92 bits per heavy atom. The maximum absolute atomic E-state index is 12.1. The SMILES string of the molecule is CCCc1ccc(-c2nc(NC(=O)C(C)NC(C)=O)sc2C)cc1. The van der Waals surface area contributed by atoms with Crippen LogP contribution in [0.5, 0.6) is 0 Å². The van der Waals surface area contributed by atoms with Gasteiger partial charge in [-0.05, 0) is 25.8 Å². The number of thiazole rings is 1. The number of hydrogen-bond donors (Lipinski definition) is 2. The highest BCUT2D eigenvalue weighted by Gasteiger charge is 2.17. The quantitative estimate of drug-likeness (QED) is 0.841. The van der Waals surface area contributed by atoms with Crippen LogP contribution in [0.25, 0.3) is 11.3 Å². The van der Waals surface area contributed by atoms with Crippen molar-refractivity contribution in [2.24, 2.45) is 0 Å². The second-order valence-electron chi connectivity index (χ2n) is 5.78. The zero-order chi connectivity index (χ0) is 17.7. The minimum absolute atomic E-state index is 0.235. The molecular weight excluding hydrogens is 322 g/mol. The second-order valence-corrected chi connectivity index (χ2v) is 6.99. The van der Waals surface area contributed by atoms with Gasteiger partial charge in [0, 0.05) is 17.4 Å². The van der Waals surface area contributed by atoms with Gasteiger partial charge in [0.1, 0.15) is 6.04 Å². The lowest BCUT2D eigenvalue weighted by Crippen LogP contribution is -2.40. The standard InChI is InChI=1S/C18H23N3O2S/c1-5-6-14-7-9-15(10-8-14)16-12(3)24-18(20-16)21-17(23)11(2)19-13(4)22/h7-11H,5-6H2,1-4H3,(H,19,22)(H,20,21,23). The molecule has 2 N–H and O–H groups in total. The molecule has 0 bridgehead atoms. The molecule has 1 unspecified atom stereocenters. The van der Waals surface area contributed by atoms with Gasteiger partial charge in [-0.25, -0.2) is 4.98 Å². The van der Waals surface area contributed by atoms with Gasteiger partial charge in [-0.2, -0.15) is 0 Å². The van der Waals surface area contributed by atoms with Gasteiger partial charge in [-0.15, -0.1) is 11.3 Å². The molecule has 0 aliphatic carbocycles. The predicted octanol–water partition coefficient (Wildman–Crippen LogP) is 3.53. The van der Waals surface area contributed by atoms with E-state index in [4.69, 9.17) is 0 Å². The molecule has 2 rings (SSSR count). The van der Waals surface area contributed by atoms with Crippen molar-refractivity contribution >= 4 is 28.3 Å². The summed E-state index contributed by atoms with van der Waals surface area (Å²) >= 11 is 1.43. The van der Waals surface area contributed by atoms with Gasteiger partial charge in [-0.1, -0.05) is 37.6 Å². The number of aryl methyl sites for hydroxylation is 2. The van der Waals surface area contributed by atoms with E-state index in [0.29, 0.717) is 5.13 Å². The van der Waals surface area contributed by atoms with E-state index in [1.54, 1.807) is 6.92 Å². The van der Waals surface area contributed by atoms with Crippen LogP contribution in [-0.4, -0.2) is 22.8 Å². The first-order chi connectivity index (χ1) is 11.4. The van der Waals surface area contributed by atoms with Crippen LogP contribution in [0.15, 0.2) is 24.3 Å². The van der Waals surface area contributed by atoms with E-state index in [1.165, 1.54) is 23.8 Å². The summed E-state index contributed by atoms with van der Waals surface area (Å²) in [4.78, 5) is 28.7. The largest absolute Gasteiger partial charge is 0.345 e. The number of carbonyl (C=O) groups excluding carboxylic acids is 2. The molecule has 0 radical (unpaired) electrons. The maximum Gasteiger partial charge on any atom is 0.248 e. The molecule has 1 aromatic heterocycles. The molecule has 1 heterocycles. The van der Waals surface area contributed by atoms with Crippen molar-refractivity contribution in [1.29, 1.82) is 0 Å². The number of nitrogens with one attached hydrogen (secondary N) is 2. The minimum Gasteiger partial charge on any atom is -0.345 e. The lowest BCUT2D eigenvalue weighted by atomic mass is 10.1. The average Bonchev–Trinajstić information content (AvgIpc) is 2.88. The smallest absolute Gasteiger partial charge is 0.248 e. The number of hydrogen-bond acceptors (Lipinski definition) is 4. The lowest BCUT2D eigenvalue weighted by Gasteiger charge is -2.10. The highest BCUT2D eigenvalue weighted by molar-refractivity contribution is 7.16. The predicted molar refractivity (Wildman–Crippen MR) is 98.2 cm³/mol. The lowest BCUT2D eigenvalue weighted by molar-refractivity contribution is -0.124. The van der Waals surface area contributed by atoms with Gasteiger partial charge in [0.05, 0.1) is 5.69 Å². The maximum atomic E-state index is 12.1. The van der Waals surface area contributed by atoms with Crippen LogP contribution in [0, 0.1) is 6.92 Å². The number of benzene rings is 1. The molecule has 1 aromatic carbocycles. The molecule has 5 nitrogen and oxygen atoms in total. The van der Waals surface area contributed by atoms with Crippen LogP contribution in [0.3, 0.4) is 0 Å². The number of carbonyl (C=O) groups is 2. The van der Waals surface area contributed by atoms with Gasteiger partial charge in [-0.3, -0.25) is 9.59 Å². The summed E-state index contributed by atoms with van der Waals surface area (Å²) in [7, 11) is 0. The Labute approximate surface area is 146 Å². The van der Waals surface area contributed by atoms with Crippen molar-refractivity contribution in [3.05, 3.63) is 34.7 Å². The fraction of sp³-hybridized carbons (Fsp3) is 0.389. The molecule has 24 heavy (non-hydrogen) atoms. The summed E-state index contributed by atoms with van der Waals surface area (Å²) < 4.78 is 0. The Balaban J connectivity index is 2.12. The molecule has 2 amide bonds. The van der Waals surface area contributed by atoms with E-state index in [1.807, 2.05) is 6.92 Å². The first-order valence-electron chi connectivity index (χ1n) is 8.05. The third-order valence-electron chi connectivity index (χ3n) is 3.61. The van der Waals surface area contributed by atoms with Crippen molar-refractivity contribution < 1.29 is 9.59 Å². The Kier molecular flexibility index (Phi) is 6.09. The number of amides is 2. The fourth-order valence-corrected chi connectivity index (χ4v) is 3.26. The van der Waals surface area contributed by atoms with Crippen molar-refractivity contribution in [3.63, 3.8) is 0 Å². The number of aromatic nitrogens is 1. The van der Waals surface area contributed by atoms with Gasteiger partial charge >= 0.3 is 0 Å². The summed E-state index contributed by atoms with van der Waals surface area (Å²) in [5, 5.41) is 5.87. The molecule has 0 saturated heterocycles. The van der Waals surface area contributed by atoms with E-state index in [-0.39, 0.29) is 11.8 Å². The average molecular weight is 345 g/mol. The van der Waals surface area contributed by atoms with E-state index in [9.17, 15) is 9.59 Å². The first kappa shape index (κ1) is 18.1. The van der Waals surface area contributed by atoms with Gasteiger partial charge < -0.3 is 10.6 Å². The van der Waals surface area contributed by atoms with Crippen LogP contribution in [-0.2, 0) is 16.0 Å². The number of nitrogens with zero attached hydrogens (tertiary/aromatic N) is 1. The summed E-state index contributed by atoms with van der Waals surface area (Å²) in [6.07, 6.45) is 2.19. The van der Waals surface area contributed by atoms with Gasteiger partial charge in [0.2, 0.25) is 11.8 Å². The van der Waals surface area contributed by atoms with Crippen molar-refractivity contribution in [2.45, 2.75) is 46.6 Å². The first-order valence-corrected chi connectivity index (χ1v) is 8.87. The molecule has 0 fully saturated rings. The third-order valence-corrected chi connectivity index (χ3v) is 4.49. The number of anilines is 1. The van der Waals surface area contributed by atoms with Gasteiger partial charge in [0.15, 0.2) is 5.13 Å². The van der Waals surface area contributed by atoms with Crippen LogP contribution >= 0.6 is 11.3 Å². The minimum atomic E-state index is -0.594. The fourth-order valence-electron chi connectivity index (χ4n) is 2.42. The molecule has 0 saturated carbocycles. The third kappa shape index (κ3) is 4.64. The highest BCUT2D eigenvalue weighted by atomic mass is 32.1. The topological polar surface area (TPSA) is 71.1 Å². The van der Waals surface area contributed by atoms with E-state index in [0.717, 1.165) is 29.0 Å². The Hall–Kier alpha value is -2.21. The molecule has 1 atom stereocenters. The molecule has 2 aromatic rings. The zero-order valence-corrected chi connectivity index (χ0v) is 15.3. The van der Waals surface area contributed by atoms with Crippen molar-refractivity contribution in [1.82, 2.24) is 10.3 Å². The van der Waals surface area contributed by atoms with Crippen molar-refractivity contribution in [2.75, 3.05) is 5.32 Å². The zero-order valence-electron chi connectivity index (χ0n) is 14.5. The summed E-state index contributed by atoms with van der Waals surface area (Å²) in [6, 6.07) is 7.78. The molecule has 6 heteroatoms. The Morgan fingerprint density at radius 3 is 2.50 bits per heavy atom. The Bertz CT molecular complexity index is 722. The van der Waals surface area contributed by atoms with E-state index < -0.39 is 6.04 Å². The van der Waals surface area contributed by atoms with Crippen molar-refractivity contribution in [3.8, 4) is 11.3 Å². The highest BCUT2D eigenvalue weighted by Crippen LogP contribution is 2.30. The normalized spacial score (nSPS) is 11.8. The molecule has 0 aliphatic rings. The van der Waals surface area contributed by atoms with E-state index >= 15 is 0 Å². The number of rotatable bonds is 6. The molecular formula is C18H23N3O2S. The van der Waals surface area contributed by atoms with Gasteiger partial charge in [0.25, 0.3) is 0 Å². The van der Waals surface area contributed by atoms with Crippen LogP contribution < -0.4 is 10.6 Å². The summed E-state index contributed by atoms with van der Waals surface area (Å²) in [5.74, 6) is -0.510. The van der Waals surface area contributed by atoms with E-state index in [2.05, 4.69) is 46.8 Å². The molecule has 0 spiro atoms. The Morgan fingerprint density at radius 1 is 1.25 bits per heavy atom. The monoisotopic (exact) mass is 345 g/mol. The molecule has 128 valence electrons. The summed E-state index contributed by atoms with van der Waals surface area (Å²) in [5.41, 5.74) is 3.23. The van der Waals surface area contributed by atoms with Crippen LogP contribution in [0.2, 0.25) is 0 Å². The van der Waals surface area contributed by atoms with Crippen LogP contribution in [0.4, 0.5) is 5.13 Å².